The fourth-order valence-corrected chi connectivity index (χ4v) is 2.05. The molecule has 0 saturated heterocycles. The second-order valence-electron chi connectivity index (χ2n) is 5.19. The van der Waals surface area contributed by atoms with Crippen molar-refractivity contribution in [1.29, 1.82) is 0 Å². The molecule has 1 fully saturated rings. The molecule has 1 atom stereocenters. The summed E-state index contributed by atoms with van der Waals surface area (Å²) in [4.78, 5) is 11.5. The van der Waals surface area contributed by atoms with Gasteiger partial charge in [0.25, 0.3) is 0 Å². The van der Waals surface area contributed by atoms with Gasteiger partial charge in [-0.15, -0.1) is 0 Å². The number of hydrogen-bond donors (Lipinski definition) is 2. The first-order valence-corrected chi connectivity index (χ1v) is 6.76. The smallest absolute Gasteiger partial charge is 0.237 e. The Bertz CT molecular complexity index is 225. The normalized spacial score (nSPS) is 19.3. The Labute approximate surface area is 104 Å². The molecule has 0 radical (unpaired) electrons. The molecule has 0 aliphatic heterocycles. The molecule has 1 rings (SSSR count). The maximum atomic E-state index is 11.5. The van der Waals surface area contributed by atoms with E-state index >= 15 is 0 Å². The molecule has 0 aromatic carbocycles. The predicted octanol–water partition coefficient (Wildman–Crippen LogP) is 1.44. The summed E-state index contributed by atoms with van der Waals surface area (Å²) >= 11 is 0. The number of carbonyl (C=O) groups is 1. The molecule has 0 bridgehead atoms. The van der Waals surface area contributed by atoms with Crippen LogP contribution in [0, 0.1) is 5.92 Å². The standard InChI is InChI=1S/C13H26N2O2/c1-10(2)12(14)13(16)15-8-9-17-11-6-4-3-5-7-11/h10-12H,3-9,14H2,1-2H3,(H,15,16)/t12-/m1/s1. The number of nitrogens with one attached hydrogen (secondary N) is 1. The minimum absolute atomic E-state index is 0.0766. The Balaban J connectivity index is 2.05. The second kappa shape index (κ2) is 7.67. The lowest BCUT2D eigenvalue weighted by Gasteiger charge is -2.22. The first-order chi connectivity index (χ1) is 8.11. The van der Waals surface area contributed by atoms with Crippen molar-refractivity contribution in [3.63, 3.8) is 0 Å². The minimum atomic E-state index is -0.412. The third-order valence-corrected chi connectivity index (χ3v) is 3.33. The molecule has 0 aromatic heterocycles. The zero-order chi connectivity index (χ0) is 12.7. The van der Waals surface area contributed by atoms with E-state index in [0.29, 0.717) is 19.3 Å². The van der Waals surface area contributed by atoms with E-state index in [2.05, 4.69) is 5.32 Å². The highest BCUT2D eigenvalue weighted by molar-refractivity contribution is 5.81. The first kappa shape index (κ1) is 14.5. The van der Waals surface area contributed by atoms with Crippen LogP contribution in [0.4, 0.5) is 0 Å². The van der Waals surface area contributed by atoms with E-state index in [0.717, 1.165) is 0 Å². The molecular weight excluding hydrogens is 216 g/mol. The molecule has 4 nitrogen and oxygen atoms in total. The van der Waals surface area contributed by atoms with Gasteiger partial charge in [-0.05, 0) is 18.8 Å². The maximum Gasteiger partial charge on any atom is 0.237 e. The van der Waals surface area contributed by atoms with Gasteiger partial charge in [0.15, 0.2) is 0 Å². The van der Waals surface area contributed by atoms with Crippen LogP contribution in [0.5, 0.6) is 0 Å². The summed E-state index contributed by atoms with van der Waals surface area (Å²) in [7, 11) is 0. The Morgan fingerprint density at radius 2 is 2.00 bits per heavy atom. The fourth-order valence-electron chi connectivity index (χ4n) is 2.05. The quantitative estimate of drug-likeness (QED) is 0.693. The van der Waals surface area contributed by atoms with Crippen molar-refractivity contribution in [3.8, 4) is 0 Å². The number of amides is 1. The summed E-state index contributed by atoms with van der Waals surface area (Å²) in [5, 5.41) is 2.81. The third kappa shape index (κ3) is 5.50. The third-order valence-electron chi connectivity index (χ3n) is 3.33. The van der Waals surface area contributed by atoms with Gasteiger partial charge in [0, 0.05) is 6.54 Å². The number of rotatable bonds is 6. The average Bonchev–Trinajstić information content (AvgIpc) is 2.34. The van der Waals surface area contributed by atoms with Crippen molar-refractivity contribution in [2.45, 2.75) is 58.1 Å². The molecule has 1 aliphatic carbocycles. The summed E-state index contributed by atoms with van der Waals surface area (Å²) in [6.45, 7) is 5.06. The number of hydrogen-bond acceptors (Lipinski definition) is 3. The molecule has 0 unspecified atom stereocenters. The largest absolute Gasteiger partial charge is 0.376 e. The zero-order valence-electron chi connectivity index (χ0n) is 11.1. The van der Waals surface area contributed by atoms with Crippen LogP contribution in [0.25, 0.3) is 0 Å². The summed E-state index contributed by atoms with van der Waals surface area (Å²) in [6.07, 6.45) is 6.61. The van der Waals surface area contributed by atoms with Crippen LogP contribution >= 0.6 is 0 Å². The number of carbonyl (C=O) groups excluding carboxylic acids is 1. The summed E-state index contributed by atoms with van der Waals surface area (Å²) in [5.74, 6) is 0.0986. The van der Waals surface area contributed by atoms with E-state index in [1.165, 1.54) is 32.1 Å². The van der Waals surface area contributed by atoms with E-state index in [9.17, 15) is 4.79 Å². The minimum Gasteiger partial charge on any atom is -0.376 e. The van der Waals surface area contributed by atoms with Crippen LogP contribution in [0.1, 0.15) is 46.0 Å². The summed E-state index contributed by atoms with van der Waals surface area (Å²) in [6, 6.07) is -0.412. The lowest BCUT2D eigenvalue weighted by atomic mass is 9.98. The van der Waals surface area contributed by atoms with Crippen molar-refractivity contribution >= 4 is 5.91 Å². The van der Waals surface area contributed by atoms with Gasteiger partial charge in [-0.25, -0.2) is 0 Å². The van der Waals surface area contributed by atoms with Crippen LogP contribution < -0.4 is 11.1 Å². The highest BCUT2D eigenvalue weighted by Gasteiger charge is 2.17. The Morgan fingerprint density at radius 3 is 2.59 bits per heavy atom. The molecule has 0 heterocycles. The topological polar surface area (TPSA) is 64.4 Å². The molecule has 0 aromatic rings. The van der Waals surface area contributed by atoms with Crippen molar-refractivity contribution in [1.82, 2.24) is 5.32 Å². The highest BCUT2D eigenvalue weighted by atomic mass is 16.5. The van der Waals surface area contributed by atoms with Crippen LogP contribution in [0.2, 0.25) is 0 Å². The van der Waals surface area contributed by atoms with Crippen LogP contribution in [-0.4, -0.2) is 31.2 Å². The molecule has 1 aliphatic rings. The second-order valence-corrected chi connectivity index (χ2v) is 5.19. The Morgan fingerprint density at radius 1 is 1.35 bits per heavy atom. The van der Waals surface area contributed by atoms with Gasteiger partial charge in [0.2, 0.25) is 5.91 Å². The summed E-state index contributed by atoms with van der Waals surface area (Å²) < 4.78 is 5.72. The highest BCUT2D eigenvalue weighted by Crippen LogP contribution is 2.19. The van der Waals surface area contributed by atoms with E-state index < -0.39 is 6.04 Å². The first-order valence-electron chi connectivity index (χ1n) is 6.76. The molecule has 3 N–H and O–H groups in total. The monoisotopic (exact) mass is 242 g/mol. The molecule has 4 heteroatoms. The van der Waals surface area contributed by atoms with Gasteiger partial charge in [0.05, 0.1) is 18.8 Å². The van der Waals surface area contributed by atoms with E-state index in [4.69, 9.17) is 10.5 Å². The van der Waals surface area contributed by atoms with Gasteiger partial charge in [-0.3, -0.25) is 4.79 Å². The van der Waals surface area contributed by atoms with Gasteiger partial charge in [0.1, 0.15) is 0 Å². The van der Waals surface area contributed by atoms with Crippen molar-refractivity contribution in [2.24, 2.45) is 11.7 Å². The Kier molecular flexibility index (Phi) is 6.52. The van der Waals surface area contributed by atoms with Gasteiger partial charge < -0.3 is 15.8 Å². The van der Waals surface area contributed by atoms with Crippen LogP contribution in [0.3, 0.4) is 0 Å². The number of ether oxygens (including phenoxy) is 1. The molecule has 17 heavy (non-hydrogen) atoms. The molecule has 1 amide bonds. The number of nitrogens with two attached hydrogens (primary N) is 1. The molecule has 1 saturated carbocycles. The van der Waals surface area contributed by atoms with E-state index in [1.54, 1.807) is 0 Å². The van der Waals surface area contributed by atoms with Crippen LogP contribution in [-0.2, 0) is 9.53 Å². The summed E-state index contributed by atoms with van der Waals surface area (Å²) in [5.41, 5.74) is 5.73. The molecular formula is C13H26N2O2. The Hall–Kier alpha value is -0.610. The van der Waals surface area contributed by atoms with Gasteiger partial charge in [-0.1, -0.05) is 33.1 Å². The zero-order valence-corrected chi connectivity index (χ0v) is 11.1. The lowest BCUT2D eigenvalue weighted by molar-refractivity contribution is -0.123. The van der Waals surface area contributed by atoms with Crippen molar-refractivity contribution in [3.05, 3.63) is 0 Å². The lowest BCUT2D eigenvalue weighted by Crippen LogP contribution is -2.45. The van der Waals surface area contributed by atoms with Crippen molar-refractivity contribution < 1.29 is 9.53 Å². The van der Waals surface area contributed by atoms with E-state index in [1.807, 2.05) is 13.8 Å². The molecule has 0 spiro atoms. The van der Waals surface area contributed by atoms with Crippen molar-refractivity contribution in [2.75, 3.05) is 13.2 Å². The van der Waals surface area contributed by atoms with Crippen LogP contribution in [0.15, 0.2) is 0 Å². The fraction of sp³-hybridized carbons (Fsp3) is 0.923. The predicted molar refractivity (Wildman–Crippen MR) is 68.6 cm³/mol. The average molecular weight is 242 g/mol. The van der Waals surface area contributed by atoms with Gasteiger partial charge >= 0.3 is 0 Å². The van der Waals surface area contributed by atoms with E-state index in [-0.39, 0.29) is 11.8 Å². The SMILES string of the molecule is CC(C)[C@@H](N)C(=O)NCCOC1CCCCC1. The van der Waals surface area contributed by atoms with Gasteiger partial charge in [-0.2, -0.15) is 0 Å². The maximum absolute atomic E-state index is 11.5. The molecule has 100 valence electrons.